The lowest BCUT2D eigenvalue weighted by Crippen LogP contribution is -2.57. The maximum Gasteiger partial charge on any atom is 0.247 e. The van der Waals surface area contributed by atoms with Crippen LogP contribution in [0.5, 0.6) is 11.5 Å². The Bertz CT molecular complexity index is 1070. The van der Waals surface area contributed by atoms with E-state index in [2.05, 4.69) is 5.32 Å². The maximum absolute atomic E-state index is 13.8. The Morgan fingerprint density at radius 3 is 2.64 bits per heavy atom. The fraction of sp³-hybridized carbons (Fsp3) is 0.607. The molecule has 10 nitrogen and oxygen atoms in total. The first-order chi connectivity index (χ1) is 18.9. The highest BCUT2D eigenvalue weighted by molar-refractivity contribution is 14.1. The molecule has 2 aliphatic carbocycles. The Morgan fingerprint density at radius 1 is 1.23 bits per heavy atom. The van der Waals surface area contributed by atoms with Gasteiger partial charge in [-0.25, -0.2) is 0 Å². The molecule has 0 radical (unpaired) electrons. The van der Waals surface area contributed by atoms with E-state index in [1.807, 2.05) is 22.6 Å². The zero-order valence-corrected chi connectivity index (χ0v) is 24.3. The van der Waals surface area contributed by atoms with Gasteiger partial charge in [0.05, 0.1) is 29.4 Å². The lowest BCUT2D eigenvalue weighted by molar-refractivity contribution is -0.145. The average Bonchev–Trinajstić information content (AvgIpc) is 3.67. The molecule has 11 heteroatoms. The molecule has 0 spiro atoms. The van der Waals surface area contributed by atoms with Gasteiger partial charge < -0.3 is 34.6 Å². The van der Waals surface area contributed by atoms with Gasteiger partial charge in [0.1, 0.15) is 18.5 Å². The standard InChI is InChI=1S/C28H37IN2O8/c1-37-24-12-17(16-33)11-21(29)26(24)39-23-14-19(27(35)30-8-9-32)13-22(25(23)34)31(15-20-7-4-10-38-20)28(36)18-5-2-3-6-18/h11-12,14,16,18,20,22-23,25,32,34H,2-10,13,15H2,1H3,(H,30,35). The third-order valence-corrected chi connectivity index (χ3v) is 8.47. The Balaban J connectivity index is 1.69. The number of nitrogens with one attached hydrogen (secondary N) is 1. The van der Waals surface area contributed by atoms with E-state index in [1.54, 1.807) is 23.1 Å². The molecule has 3 N–H and O–H groups in total. The van der Waals surface area contributed by atoms with Crippen molar-refractivity contribution in [3.63, 3.8) is 0 Å². The van der Waals surface area contributed by atoms with Gasteiger partial charge in [0.15, 0.2) is 11.5 Å². The normalized spacial score (nSPS) is 25.2. The summed E-state index contributed by atoms with van der Waals surface area (Å²) in [6.45, 7) is 0.840. The van der Waals surface area contributed by atoms with E-state index < -0.39 is 24.2 Å². The zero-order valence-electron chi connectivity index (χ0n) is 22.1. The molecule has 1 saturated heterocycles. The van der Waals surface area contributed by atoms with Gasteiger partial charge in [-0.3, -0.25) is 14.4 Å². The molecule has 39 heavy (non-hydrogen) atoms. The summed E-state index contributed by atoms with van der Waals surface area (Å²) >= 11 is 2.03. The number of aliphatic hydroxyl groups is 2. The number of hydrogen-bond donors (Lipinski definition) is 3. The van der Waals surface area contributed by atoms with Crippen LogP contribution in [0.15, 0.2) is 23.8 Å². The fourth-order valence-electron chi connectivity index (χ4n) is 5.64. The van der Waals surface area contributed by atoms with Crippen LogP contribution >= 0.6 is 22.6 Å². The van der Waals surface area contributed by atoms with E-state index in [-0.39, 0.29) is 37.5 Å². The van der Waals surface area contributed by atoms with Crippen molar-refractivity contribution < 1.29 is 38.8 Å². The van der Waals surface area contributed by atoms with Gasteiger partial charge in [0.2, 0.25) is 11.8 Å². The first-order valence-corrected chi connectivity index (χ1v) is 14.6. The van der Waals surface area contributed by atoms with Gasteiger partial charge in [-0.2, -0.15) is 0 Å². The molecule has 3 aliphatic rings. The van der Waals surface area contributed by atoms with E-state index in [0.717, 1.165) is 38.5 Å². The molecular weight excluding hydrogens is 619 g/mol. The minimum absolute atomic E-state index is 0.0229. The van der Waals surface area contributed by atoms with Crippen molar-refractivity contribution in [3.8, 4) is 11.5 Å². The number of hydrogen-bond acceptors (Lipinski definition) is 8. The number of nitrogens with zero attached hydrogens (tertiary/aromatic N) is 1. The van der Waals surface area contributed by atoms with E-state index in [1.165, 1.54) is 7.11 Å². The van der Waals surface area contributed by atoms with E-state index in [9.17, 15) is 24.6 Å². The maximum atomic E-state index is 13.8. The zero-order chi connectivity index (χ0) is 27.9. The van der Waals surface area contributed by atoms with Crippen LogP contribution in [-0.4, -0.2) is 91.0 Å². The number of ether oxygens (including phenoxy) is 3. The third kappa shape index (κ3) is 7.11. The monoisotopic (exact) mass is 656 g/mol. The average molecular weight is 657 g/mol. The third-order valence-electron chi connectivity index (χ3n) is 7.67. The molecule has 1 aliphatic heterocycles. The van der Waals surface area contributed by atoms with Crippen LogP contribution in [0, 0.1) is 9.49 Å². The molecule has 4 unspecified atom stereocenters. The van der Waals surface area contributed by atoms with E-state index >= 15 is 0 Å². The van der Waals surface area contributed by atoms with Crippen molar-refractivity contribution >= 4 is 40.7 Å². The molecule has 0 bridgehead atoms. The highest BCUT2D eigenvalue weighted by Crippen LogP contribution is 2.38. The SMILES string of the molecule is COc1cc(C=O)cc(I)c1OC1C=C(C(=O)NCCO)CC(N(CC2CCCO2)C(=O)C2CCCC2)C1O. The van der Waals surface area contributed by atoms with Gasteiger partial charge in [-0.15, -0.1) is 0 Å². The van der Waals surface area contributed by atoms with Crippen molar-refractivity contribution in [2.24, 2.45) is 5.92 Å². The van der Waals surface area contributed by atoms with Gasteiger partial charge >= 0.3 is 0 Å². The highest BCUT2D eigenvalue weighted by atomic mass is 127. The molecule has 0 aromatic heterocycles. The summed E-state index contributed by atoms with van der Waals surface area (Å²) in [5, 5.41) is 23.6. The van der Waals surface area contributed by atoms with Gasteiger partial charge in [-0.1, -0.05) is 12.8 Å². The molecule has 2 amide bonds. The quantitative estimate of drug-likeness (QED) is 0.244. The lowest BCUT2D eigenvalue weighted by Gasteiger charge is -2.42. The smallest absolute Gasteiger partial charge is 0.247 e. The molecule has 1 aromatic carbocycles. The Labute approximate surface area is 242 Å². The molecule has 4 rings (SSSR count). The molecule has 4 atom stereocenters. The van der Waals surface area contributed by atoms with Crippen LogP contribution in [0.1, 0.15) is 55.3 Å². The largest absolute Gasteiger partial charge is 0.493 e. The lowest BCUT2D eigenvalue weighted by atomic mass is 9.87. The topological polar surface area (TPSA) is 135 Å². The number of rotatable bonds is 11. The summed E-state index contributed by atoms with van der Waals surface area (Å²) in [4.78, 5) is 40.0. The number of aliphatic hydroxyl groups excluding tert-OH is 2. The molecule has 2 fully saturated rings. The molecule has 1 aromatic rings. The van der Waals surface area contributed by atoms with Crippen molar-refractivity contribution in [2.75, 3.05) is 33.4 Å². The number of methoxy groups -OCH3 is 1. The van der Waals surface area contributed by atoms with Crippen LogP contribution in [-0.2, 0) is 14.3 Å². The summed E-state index contributed by atoms with van der Waals surface area (Å²) in [6, 6.07) is 2.47. The molecule has 1 heterocycles. The van der Waals surface area contributed by atoms with Gasteiger partial charge in [0.25, 0.3) is 0 Å². The van der Waals surface area contributed by atoms with Gasteiger partial charge in [-0.05, 0) is 66.5 Å². The van der Waals surface area contributed by atoms with E-state index in [0.29, 0.717) is 45.6 Å². The Kier molecular flexibility index (Phi) is 10.6. The number of amides is 2. The van der Waals surface area contributed by atoms with Crippen LogP contribution in [0.4, 0.5) is 0 Å². The summed E-state index contributed by atoms with van der Waals surface area (Å²) in [7, 11) is 1.46. The number of carbonyl (C=O) groups excluding carboxylic acids is 3. The second kappa shape index (κ2) is 13.9. The second-order valence-electron chi connectivity index (χ2n) is 10.3. The molecule has 1 saturated carbocycles. The summed E-state index contributed by atoms with van der Waals surface area (Å²) in [5.74, 6) is 0.111. The van der Waals surface area contributed by atoms with Crippen LogP contribution in [0.2, 0.25) is 0 Å². The van der Waals surface area contributed by atoms with E-state index in [4.69, 9.17) is 14.2 Å². The van der Waals surface area contributed by atoms with Crippen molar-refractivity contribution in [2.45, 2.75) is 69.3 Å². The second-order valence-corrected chi connectivity index (χ2v) is 11.4. The number of halogens is 1. The molecule has 214 valence electrons. The van der Waals surface area contributed by atoms with Crippen LogP contribution in [0.3, 0.4) is 0 Å². The Hall–Kier alpha value is -2.22. The van der Waals surface area contributed by atoms with Crippen LogP contribution in [0.25, 0.3) is 0 Å². The minimum Gasteiger partial charge on any atom is -0.493 e. The predicted octanol–water partition coefficient (Wildman–Crippen LogP) is 2.23. The summed E-state index contributed by atoms with van der Waals surface area (Å²) in [5.41, 5.74) is 0.772. The fourth-order valence-corrected chi connectivity index (χ4v) is 6.39. The molecular formula is C28H37IN2O8. The summed E-state index contributed by atoms with van der Waals surface area (Å²) < 4.78 is 18.2. The van der Waals surface area contributed by atoms with Crippen molar-refractivity contribution in [1.82, 2.24) is 10.2 Å². The van der Waals surface area contributed by atoms with Crippen molar-refractivity contribution in [1.29, 1.82) is 0 Å². The predicted molar refractivity (Wildman–Crippen MR) is 151 cm³/mol. The van der Waals surface area contributed by atoms with Gasteiger partial charge in [0, 0.05) is 43.2 Å². The van der Waals surface area contributed by atoms with Crippen molar-refractivity contribution in [3.05, 3.63) is 32.9 Å². The first kappa shape index (κ1) is 29.8. The highest BCUT2D eigenvalue weighted by Gasteiger charge is 2.43. The first-order valence-electron chi connectivity index (χ1n) is 13.6. The Morgan fingerprint density at radius 2 is 2.00 bits per heavy atom. The summed E-state index contributed by atoms with van der Waals surface area (Å²) in [6.07, 6.45) is 5.52. The number of carbonyl (C=O) groups is 3. The van der Waals surface area contributed by atoms with Crippen LogP contribution < -0.4 is 14.8 Å². The minimum atomic E-state index is -1.14. The number of aldehydes is 1. The number of benzene rings is 1.